The van der Waals surface area contributed by atoms with Crippen molar-refractivity contribution in [3.63, 3.8) is 0 Å². The number of ketones is 1. The number of rotatable bonds is 6. The first-order valence-electron chi connectivity index (χ1n) is 9.86. The number of H-pyrrole nitrogens is 1. The number of nitrogens with zero attached hydrogens (tertiary/aromatic N) is 3. The Kier molecular flexibility index (Phi) is 4.51. The highest BCUT2D eigenvalue weighted by atomic mass is 32.2. The summed E-state index contributed by atoms with van der Waals surface area (Å²) in [7, 11) is 0. The normalized spacial score (nSPS) is 13.9. The Balaban J connectivity index is 1.43. The van der Waals surface area contributed by atoms with Gasteiger partial charge in [-0.15, -0.1) is 10.2 Å². The van der Waals surface area contributed by atoms with Crippen LogP contribution in [0, 0.1) is 13.8 Å². The fraction of sp³-hybridized carbons (Fsp3) is 0.261. The van der Waals surface area contributed by atoms with Gasteiger partial charge in [-0.1, -0.05) is 42.1 Å². The molecule has 0 spiro atoms. The van der Waals surface area contributed by atoms with Crippen molar-refractivity contribution >= 4 is 28.4 Å². The van der Waals surface area contributed by atoms with E-state index in [-0.39, 0.29) is 5.78 Å². The molecule has 5 rings (SSSR count). The highest BCUT2D eigenvalue weighted by Crippen LogP contribution is 2.42. The number of benzene rings is 2. The first-order valence-corrected chi connectivity index (χ1v) is 10.8. The predicted molar refractivity (Wildman–Crippen MR) is 117 cm³/mol. The smallest absolute Gasteiger partial charge is 0.192 e. The molecular formula is C23H22N4OS. The van der Waals surface area contributed by atoms with Crippen molar-refractivity contribution in [3.05, 3.63) is 65.4 Å². The van der Waals surface area contributed by atoms with Crippen LogP contribution in [0.2, 0.25) is 0 Å². The third-order valence-electron chi connectivity index (χ3n) is 5.57. The number of aromatic amines is 1. The van der Waals surface area contributed by atoms with E-state index in [9.17, 15) is 4.79 Å². The van der Waals surface area contributed by atoms with Crippen molar-refractivity contribution in [1.29, 1.82) is 0 Å². The molecule has 0 atom stereocenters. The quantitative estimate of drug-likeness (QED) is 0.349. The minimum Gasteiger partial charge on any atom is -0.360 e. The Hall–Kier alpha value is -2.86. The number of hydrogen-bond donors (Lipinski definition) is 1. The summed E-state index contributed by atoms with van der Waals surface area (Å²) in [5, 5.41) is 10.9. The molecule has 0 saturated heterocycles. The highest BCUT2D eigenvalue weighted by molar-refractivity contribution is 7.99. The van der Waals surface area contributed by atoms with Crippen LogP contribution in [0.5, 0.6) is 0 Å². The van der Waals surface area contributed by atoms with Crippen LogP contribution >= 0.6 is 11.8 Å². The molecule has 146 valence electrons. The highest BCUT2D eigenvalue weighted by Gasteiger charge is 2.31. The van der Waals surface area contributed by atoms with Crippen molar-refractivity contribution in [1.82, 2.24) is 19.7 Å². The molecule has 0 amide bonds. The van der Waals surface area contributed by atoms with Crippen LogP contribution < -0.4 is 0 Å². The molecule has 0 bridgehead atoms. The third-order valence-corrected chi connectivity index (χ3v) is 6.51. The molecule has 5 nitrogen and oxygen atoms in total. The van der Waals surface area contributed by atoms with E-state index in [0.717, 1.165) is 51.4 Å². The molecule has 6 heteroatoms. The number of nitrogens with one attached hydrogen (secondary N) is 1. The molecule has 29 heavy (non-hydrogen) atoms. The van der Waals surface area contributed by atoms with E-state index in [0.29, 0.717) is 11.8 Å². The topological polar surface area (TPSA) is 63.6 Å². The SMILES string of the molecule is Cc1ccc(C(=O)CSc2nnc(-c3c[nH]c4ccccc34)n2C2CC2)cc1C. The maximum absolute atomic E-state index is 12.7. The number of aryl methyl sites for hydroxylation is 2. The van der Waals surface area contributed by atoms with Crippen LogP contribution in [-0.2, 0) is 0 Å². The van der Waals surface area contributed by atoms with Crippen LogP contribution in [-0.4, -0.2) is 31.3 Å². The second kappa shape index (κ2) is 7.19. The van der Waals surface area contributed by atoms with Crippen LogP contribution in [0.15, 0.2) is 53.8 Å². The summed E-state index contributed by atoms with van der Waals surface area (Å²) in [6.45, 7) is 4.10. The van der Waals surface area contributed by atoms with Gasteiger partial charge in [-0.3, -0.25) is 9.36 Å². The number of thioether (sulfide) groups is 1. The van der Waals surface area contributed by atoms with Gasteiger partial charge in [-0.2, -0.15) is 0 Å². The van der Waals surface area contributed by atoms with E-state index in [2.05, 4.69) is 38.8 Å². The van der Waals surface area contributed by atoms with Gasteiger partial charge in [0, 0.05) is 34.3 Å². The zero-order valence-corrected chi connectivity index (χ0v) is 17.3. The van der Waals surface area contributed by atoms with Crippen molar-refractivity contribution in [2.45, 2.75) is 37.9 Å². The molecule has 2 aromatic heterocycles. The number of aromatic nitrogens is 4. The first kappa shape index (κ1) is 18.2. The second-order valence-corrected chi connectivity index (χ2v) is 8.61. The zero-order valence-electron chi connectivity index (χ0n) is 16.5. The second-order valence-electron chi connectivity index (χ2n) is 7.67. The maximum Gasteiger partial charge on any atom is 0.192 e. The minimum atomic E-state index is 0.122. The average molecular weight is 403 g/mol. The van der Waals surface area contributed by atoms with E-state index in [4.69, 9.17) is 0 Å². The molecular weight excluding hydrogens is 380 g/mol. The Morgan fingerprint density at radius 3 is 2.76 bits per heavy atom. The van der Waals surface area contributed by atoms with Gasteiger partial charge in [-0.25, -0.2) is 0 Å². The Bertz CT molecular complexity index is 1220. The lowest BCUT2D eigenvalue weighted by Crippen LogP contribution is -2.05. The monoisotopic (exact) mass is 402 g/mol. The lowest BCUT2D eigenvalue weighted by atomic mass is 10.0. The van der Waals surface area contributed by atoms with Crippen LogP contribution in [0.3, 0.4) is 0 Å². The Morgan fingerprint density at radius 2 is 1.97 bits per heavy atom. The standard InChI is InChI=1S/C23H22N4OS/c1-14-7-8-16(11-15(14)2)21(28)13-29-23-26-25-22(27(23)17-9-10-17)19-12-24-20-6-4-3-5-18(19)20/h3-8,11-12,17,24H,9-10,13H2,1-2H3. The van der Waals surface area contributed by atoms with E-state index < -0.39 is 0 Å². The molecule has 2 aromatic carbocycles. The van der Waals surface area contributed by atoms with Crippen LogP contribution in [0.1, 0.15) is 40.4 Å². The molecule has 4 aromatic rings. The summed E-state index contributed by atoms with van der Waals surface area (Å²) in [4.78, 5) is 16.0. The van der Waals surface area contributed by atoms with Crippen molar-refractivity contribution < 1.29 is 4.79 Å². The average Bonchev–Trinajstić information content (AvgIpc) is 3.34. The molecule has 1 N–H and O–H groups in total. The fourth-order valence-corrected chi connectivity index (χ4v) is 4.51. The van der Waals surface area contributed by atoms with E-state index in [1.165, 1.54) is 17.3 Å². The number of hydrogen-bond acceptors (Lipinski definition) is 4. The van der Waals surface area contributed by atoms with E-state index >= 15 is 0 Å². The van der Waals surface area contributed by atoms with Crippen LogP contribution in [0.25, 0.3) is 22.3 Å². The molecule has 0 radical (unpaired) electrons. The lowest BCUT2D eigenvalue weighted by molar-refractivity contribution is 0.102. The van der Waals surface area contributed by atoms with Gasteiger partial charge in [0.1, 0.15) is 0 Å². The van der Waals surface area contributed by atoms with Gasteiger partial charge in [0.05, 0.1) is 5.75 Å². The number of carbonyl (C=O) groups excluding carboxylic acids is 1. The van der Waals surface area contributed by atoms with Crippen molar-refractivity contribution in [3.8, 4) is 11.4 Å². The third kappa shape index (κ3) is 3.38. The summed E-state index contributed by atoms with van der Waals surface area (Å²) in [6.07, 6.45) is 4.26. The minimum absolute atomic E-state index is 0.122. The summed E-state index contributed by atoms with van der Waals surface area (Å²) in [5.74, 6) is 1.37. The van der Waals surface area contributed by atoms with Crippen molar-refractivity contribution in [2.24, 2.45) is 0 Å². The van der Waals surface area contributed by atoms with Gasteiger partial charge in [-0.05, 0) is 49.9 Å². The lowest BCUT2D eigenvalue weighted by Gasteiger charge is -2.08. The first-order chi connectivity index (χ1) is 14.1. The summed E-state index contributed by atoms with van der Waals surface area (Å²) >= 11 is 1.48. The summed E-state index contributed by atoms with van der Waals surface area (Å²) in [5.41, 5.74) is 5.25. The van der Waals surface area contributed by atoms with Gasteiger partial charge in [0.15, 0.2) is 16.8 Å². The fourth-order valence-electron chi connectivity index (χ4n) is 3.61. The number of Topliss-reactive ketones (excluding diaryl/α,β-unsaturated/α-hetero) is 1. The number of carbonyl (C=O) groups is 1. The predicted octanol–water partition coefficient (Wildman–Crippen LogP) is 5.35. The molecule has 1 saturated carbocycles. The van der Waals surface area contributed by atoms with E-state index in [1.54, 1.807) is 0 Å². The number of fused-ring (bicyclic) bond motifs is 1. The van der Waals surface area contributed by atoms with E-state index in [1.807, 2.05) is 43.5 Å². The summed E-state index contributed by atoms with van der Waals surface area (Å²) < 4.78 is 2.22. The van der Waals surface area contributed by atoms with Gasteiger partial charge < -0.3 is 4.98 Å². The molecule has 1 aliphatic rings. The molecule has 1 aliphatic carbocycles. The molecule has 0 unspecified atom stereocenters. The van der Waals surface area contributed by atoms with Crippen LogP contribution in [0.4, 0.5) is 0 Å². The molecule has 1 fully saturated rings. The van der Waals surface area contributed by atoms with Crippen molar-refractivity contribution in [2.75, 3.05) is 5.75 Å². The molecule has 0 aliphatic heterocycles. The number of para-hydroxylation sites is 1. The molecule has 2 heterocycles. The van der Waals surface area contributed by atoms with Gasteiger partial charge in [0.25, 0.3) is 0 Å². The van der Waals surface area contributed by atoms with Gasteiger partial charge >= 0.3 is 0 Å². The Morgan fingerprint density at radius 1 is 1.14 bits per heavy atom. The Labute approximate surface area is 173 Å². The van der Waals surface area contributed by atoms with Gasteiger partial charge in [0.2, 0.25) is 0 Å². The summed E-state index contributed by atoms with van der Waals surface area (Å²) in [6, 6.07) is 14.5. The largest absolute Gasteiger partial charge is 0.360 e. The zero-order chi connectivity index (χ0) is 20.0. The maximum atomic E-state index is 12.7.